The molecule has 0 N–H and O–H groups in total. The molecule has 0 bridgehead atoms. The molecule has 0 aliphatic rings. The molecule has 0 saturated carbocycles. The largest absolute Gasteiger partial charge is 0.497 e. The Morgan fingerprint density at radius 3 is 2.20 bits per heavy atom. The van der Waals surface area contributed by atoms with E-state index in [1.807, 2.05) is 24.3 Å². The standard InChI is InChI=1S/C20H21FN2OS/c1-20(2,3)23-18(14-5-7-15(21)8-6-14)13-25-19(23)22-16-9-11-17(24-4)12-10-16/h5-13H,1-4H3. The summed E-state index contributed by atoms with van der Waals surface area (Å²) >= 11 is 1.58. The van der Waals surface area contributed by atoms with Gasteiger partial charge in [-0.1, -0.05) is 0 Å². The van der Waals surface area contributed by atoms with Gasteiger partial charge in [-0.2, -0.15) is 0 Å². The maximum atomic E-state index is 13.3. The summed E-state index contributed by atoms with van der Waals surface area (Å²) in [5.74, 6) is 0.574. The molecule has 1 heterocycles. The van der Waals surface area contributed by atoms with Gasteiger partial charge in [0.1, 0.15) is 11.6 Å². The summed E-state index contributed by atoms with van der Waals surface area (Å²) in [6.45, 7) is 6.42. The molecule has 1 aromatic heterocycles. The molecule has 0 fully saturated rings. The molecule has 130 valence electrons. The minimum atomic E-state index is -0.232. The van der Waals surface area contributed by atoms with Crippen molar-refractivity contribution in [3.8, 4) is 17.0 Å². The molecule has 5 heteroatoms. The van der Waals surface area contributed by atoms with Crippen molar-refractivity contribution in [3.63, 3.8) is 0 Å². The Hall–Kier alpha value is -2.40. The Morgan fingerprint density at radius 2 is 1.64 bits per heavy atom. The number of nitrogens with zero attached hydrogens (tertiary/aromatic N) is 2. The van der Waals surface area contributed by atoms with Crippen molar-refractivity contribution < 1.29 is 9.13 Å². The third-order valence-electron chi connectivity index (χ3n) is 3.82. The molecule has 2 aromatic carbocycles. The average Bonchev–Trinajstić information content (AvgIpc) is 3.00. The van der Waals surface area contributed by atoms with Crippen LogP contribution in [-0.2, 0) is 5.54 Å². The smallest absolute Gasteiger partial charge is 0.190 e. The van der Waals surface area contributed by atoms with Crippen LogP contribution in [0.5, 0.6) is 5.75 Å². The molecule has 0 spiro atoms. The molecule has 0 aliphatic heterocycles. The third-order valence-corrected chi connectivity index (χ3v) is 4.64. The molecule has 3 aromatic rings. The van der Waals surface area contributed by atoms with E-state index in [1.54, 1.807) is 30.6 Å². The Kier molecular flexibility index (Phi) is 4.77. The van der Waals surface area contributed by atoms with Gasteiger partial charge in [0.05, 0.1) is 18.5 Å². The van der Waals surface area contributed by atoms with Gasteiger partial charge in [-0.3, -0.25) is 0 Å². The maximum Gasteiger partial charge on any atom is 0.190 e. The van der Waals surface area contributed by atoms with E-state index in [1.165, 1.54) is 12.1 Å². The van der Waals surface area contributed by atoms with Gasteiger partial charge in [0.2, 0.25) is 0 Å². The molecule has 0 radical (unpaired) electrons. The van der Waals surface area contributed by atoms with E-state index in [0.717, 1.165) is 27.5 Å². The molecule has 0 saturated heterocycles. The van der Waals surface area contributed by atoms with Crippen LogP contribution in [0.25, 0.3) is 11.3 Å². The second-order valence-electron chi connectivity index (χ2n) is 6.73. The monoisotopic (exact) mass is 356 g/mol. The number of halogens is 1. The number of ether oxygens (including phenoxy) is 1. The molecule has 0 aliphatic carbocycles. The Labute approximate surface area is 151 Å². The van der Waals surface area contributed by atoms with Gasteiger partial charge < -0.3 is 9.30 Å². The lowest BCUT2D eigenvalue weighted by Crippen LogP contribution is -2.31. The molecule has 25 heavy (non-hydrogen) atoms. The van der Waals surface area contributed by atoms with Crippen molar-refractivity contribution in [3.05, 3.63) is 64.5 Å². The number of benzene rings is 2. The highest BCUT2D eigenvalue weighted by atomic mass is 32.1. The van der Waals surface area contributed by atoms with Crippen LogP contribution in [0.4, 0.5) is 10.1 Å². The zero-order chi connectivity index (χ0) is 18.0. The fourth-order valence-electron chi connectivity index (χ4n) is 2.63. The number of hydrogen-bond donors (Lipinski definition) is 0. The Bertz CT molecular complexity index is 916. The van der Waals surface area contributed by atoms with Gasteiger partial charge >= 0.3 is 0 Å². The fourth-order valence-corrected chi connectivity index (χ4v) is 3.72. The van der Waals surface area contributed by atoms with Crippen molar-refractivity contribution in [1.29, 1.82) is 0 Å². The lowest BCUT2D eigenvalue weighted by Gasteiger charge is -2.24. The fraction of sp³-hybridized carbons (Fsp3) is 0.250. The average molecular weight is 356 g/mol. The molecule has 0 unspecified atom stereocenters. The summed E-state index contributed by atoms with van der Waals surface area (Å²) in [6, 6.07) is 14.2. The zero-order valence-electron chi connectivity index (χ0n) is 14.8. The third kappa shape index (κ3) is 3.82. The van der Waals surface area contributed by atoms with Gasteiger partial charge in [0.25, 0.3) is 0 Å². The number of thiazole rings is 1. The summed E-state index contributed by atoms with van der Waals surface area (Å²) in [4.78, 5) is 5.70. The maximum absolute atomic E-state index is 13.3. The van der Waals surface area contributed by atoms with Crippen LogP contribution in [0, 0.1) is 5.82 Å². The summed E-state index contributed by atoms with van der Waals surface area (Å²) < 4.78 is 20.6. The predicted octanol–water partition coefficient (Wildman–Crippen LogP) is 5.35. The summed E-state index contributed by atoms with van der Waals surface area (Å²) in [5, 5.41) is 2.07. The zero-order valence-corrected chi connectivity index (χ0v) is 15.6. The van der Waals surface area contributed by atoms with Crippen LogP contribution in [0.2, 0.25) is 0 Å². The minimum Gasteiger partial charge on any atom is -0.497 e. The van der Waals surface area contributed by atoms with E-state index >= 15 is 0 Å². The van der Waals surface area contributed by atoms with Crippen LogP contribution >= 0.6 is 11.3 Å². The highest BCUT2D eigenvalue weighted by Crippen LogP contribution is 2.27. The van der Waals surface area contributed by atoms with Gasteiger partial charge in [0, 0.05) is 10.9 Å². The first-order chi connectivity index (χ1) is 11.9. The van der Waals surface area contributed by atoms with E-state index in [9.17, 15) is 4.39 Å². The second-order valence-corrected chi connectivity index (χ2v) is 7.56. The molecule has 3 nitrogen and oxygen atoms in total. The molecule has 0 atom stereocenters. The molecular formula is C20H21FN2OS. The van der Waals surface area contributed by atoms with E-state index in [2.05, 4.69) is 30.7 Å². The van der Waals surface area contributed by atoms with Gasteiger partial charge in [-0.25, -0.2) is 9.38 Å². The van der Waals surface area contributed by atoms with Crippen LogP contribution < -0.4 is 9.54 Å². The van der Waals surface area contributed by atoms with E-state index in [4.69, 9.17) is 9.73 Å². The molecular weight excluding hydrogens is 335 g/mol. The summed E-state index contributed by atoms with van der Waals surface area (Å²) in [5.41, 5.74) is 2.72. The summed E-state index contributed by atoms with van der Waals surface area (Å²) in [7, 11) is 1.65. The normalized spacial score (nSPS) is 12.4. The van der Waals surface area contributed by atoms with Crippen molar-refractivity contribution in [2.75, 3.05) is 7.11 Å². The predicted molar refractivity (Wildman–Crippen MR) is 101 cm³/mol. The Balaban J connectivity index is 2.14. The second kappa shape index (κ2) is 6.84. The first-order valence-corrected chi connectivity index (χ1v) is 8.92. The molecule has 0 amide bonds. The first kappa shape index (κ1) is 17.4. The number of methoxy groups -OCH3 is 1. The van der Waals surface area contributed by atoms with Gasteiger partial charge in [-0.05, 0) is 74.9 Å². The SMILES string of the molecule is COc1ccc(N=c2scc(-c3ccc(F)cc3)n2C(C)(C)C)cc1. The highest BCUT2D eigenvalue weighted by Gasteiger charge is 2.20. The molecule has 3 rings (SSSR count). The minimum absolute atomic E-state index is 0.158. The van der Waals surface area contributed by atoms with Gasteiger partial charge in [-0.15, -0.1) is 11.3 Å². The topological polar surface area (TPSA) is 26.5 Å². The van der Waals surface area contributed by atoms with Crippen LogP contribution in [0.15, 0.2) is 58.9 Å². The quantitative estimate of drug-likeness (QED) is 0.621. The number of rotatable bonds is 3. The number of hydrogen-bond acceptors (Lipinski definition) is 3. The first-order valence-electron chi connectivity index (χ1n) is 8.04. The lowest BCUT2D eigenvalue weighted by atomic mass is 10.1. The van der Waals surface area contributed by atoms with Crippen molar-refractivity contribution in [2.24, 2.45) is 4.99 Å². The summed E-state index contributed by atoms with van der Waals surface area (Å²) in [6.07, 6.45) is 0. The van der Waals surface area contributed by atoms with E-state index in [-0.39, 0.29) is 11.4 Å². The van der Waals surface area contributed by atoms with Crippen molar-refractivity contribution in [1.82, 2.24) is 4.57 Å². The number of aromatic nitrogens is 1. The van der Waals surface area contributed by atoms with E-state index < -0.39 is 0 Å². The highest BCUT2D eigenvalue weighted by molar-refractivity contribution is 7.07. The lowest BCUT2D eigenvalue weighted by molar-refractivity contribution is 0.392. The van der Waals surface area contributed by atoms with Gasteiger partial charge in [0.15, 0.2) is 4.80 Å². The van der Waals surface area contributed by atoms with Crippen molar-refractivity contribution in [2.45, 2.75) is 26.3 Å². The van der Waals surface area contributed by atoms with Crippen molar-refractivity contribution >= 4 is 17.0 Å². The Morgan fingerprint density at radius 1 is 1.00 bits per heavy atom. The van der Waals surface area contributed by atoms with Crippen LogP contribution in [0.1, 0.15) is 20.8 Å². The van der Waals surface area contributed by atoms with Crippen LogP contribution in [0.3, 0.4) is 0 Å². The van der Waals surface area contributed by atoms with Crippen LogP contribution in [-0.4, -0.2) is 11.7 Å². The van der Waals surface area contributed by atoms with E-state index in [0.29, 0.717) is 0 Å².